The Kier molecular flexibility index (Phi) is 2.52. The molecule has 2 rings (SSSR count). The summed E-state index contributed by atoms with van der Waals surface area (Å²) in [5.74, 6) is -1.10. The third-order valence-electron chi connectivity index (χ3n) is 2.70. The molecule has 0 bridgehead atoms. The van der Waals surface area contributed by atoms with Crippen molar-refractivity contribution < 1.29 is 24.5 Å². The van der Waals surface area contributed by atoms with Gasteiger partial charge in [0.2, 0.25) is 0 Å². The molecule has 2 fully saturated rings. The monoisotopic (exact) mass is 215 g/mol. The molecule has 84 valence electrons. The highest BCUT2D eigenvalue weighted by atomic mass is 16.5. The van der Waals surface area contributed by atoms with Crippen LogP contribution in [0.3, 0.4) is 0 Å². The second-order valence-electron chi connectivity index (χ2n) is 3.98. The molecular weight excluding hydrogens is 202 g/mol. The van der Waals surface area contributed by atoms with Crippen LogP contribution in [0.1, 0.15) is 19.3 Å². The van der Waals surface area contributed by atoms with E-state index in [4.69, 9.17) is 14.9 Å². The van der Waals surface area contributed by atoms with E-state index in [0.717, 1.165) is 17.7 Å². The van der Waals surface area contributed by atoms with E-state index < -0.39 is 18.1 Å². The van der Waals surface area contributed by atoms with Gasteiger partial charge < -0.3 is 14.9 Å². The molecule has 1 amide bonds. The van der Waals surface area contributed by atoms with Crippen LogP contribution >= 0.6 is 0 Å². The molecule has 1 saturated heterocycles. The molecule has 0 aromatic rings. The van der Waals surface area contributed by atoms with E-state index in [0.29, 0.717) is 0 Å². The number of rotatable bonds is 3. The lowest BCUT2D eigenvalue weighted by Crippen LogP contribution is -2.39. The standard InChI is InChI=1S/C9H13NO5/c11-8(12)7-3-6(15-5-1-2-5)4-10(7)9(13)14/h5-7H,1-4H2,(H,11,12)(H,13,14)/t6-,7+/m1/s1. The van der Waals surface area contributed by atoms with E-state index in [1.807, 2.05) is 0 Å². The van der Waals surface area contributed by atoms with Gasteiger partial charge in [0.25, 0.3) is 0 Å². The van der Waals surface area contributed by atoms with E-state index in [1.54, 1.807) is 0 Å². The quantitative estimate of drug-likeness (QED) is 0.710. The van der Waals surface area contributed by atoms with E-state index in [-0.39, 0.29) is 25.2 Å². The van der Waals surface area contributed by atoms with Crippen LogP contribution in [0.4, 0.5) is 4.79 Å². The van der Waals surface area contributed by atoms with Gasteiger partial charge in [-0.2, -0.15) is 0 Å². The Morgan fingerprint density at radius 2 is 1.87 bits per heavy atom. The topological polar surface area (TPSA) is 87.1 Å². The fourth-order valence-corrected chi connectivity index (χ4v) is 1.82. The molecule has 6 nitrogen and oxygen atoms in total. The second-order valence-corrected chi connectivity index (χ2v) is 3.98. The van der Waals surface area contributed by atoms with E-state index >= 15 is 0 Å². The van der Waals surface area contributed by atoms with Crippen LogP contribution in [0.5, 0.6) is 0 Å². The van der Waals surface area contributed by atoms with Crippen LogP contribution in [0.2, 0.25) is 0 Å². The van der Waals surface area contributed by atoms with Crippen LogP contribution in [-0.2, 0) is 9.53 Å². The number of hydrogen-bond donors (Lipinski definition) is 2. The summed E-state index contributed by atoms with van der Waals surface area (Å²) in [7, 11) is 0. The van der Waals surface area contributed by atoms with Crippen molar-refractivity contribution in [2.75, 3.05) is 6.54 Å². The molecule has 1 saturated carbocycles. The highest BCUT2D eigenvalue weighted by Crippen LogP contribution is 2.30. The van der Waals surface area contributed by atoms with Gasteiger partial charge in [0.1, 0.15) is 6.04 Å². The highest BCUT2D eigenvalue weighted by Gasteiger charge is 2.42. The first-order valence-electron chi connectivity index (χ1n) is 4.95. The van der Waals surface area contributed by atoms with Crippen molar-refractivity contribution >= 4 is 12.1 Å². The lowest BCUT2D eigenvalue weighted by Gasteiger charge is -2.16. The van der Waals surface area contributed by atoms with E-state index in [9.17, 15) is 9.59 Å². The second kappa shape index (κ2) is 3.69. The molecule has 6 heteroatoms. The normalized spacial score (nSPS) is 30.5. The first-order valence-corrected chi connectivity index (χ1v) is 4.95. The SMILES string of the molecule is O=C(O)[C@@H]1C[C@@H](OC2CC2)CN1C(=O)O. The molecule has 2 aliphatic rings. The lowest BCUT2D eigenvalue weighted by atomic mass is 10.2. The van der Waals surface area contributed by atoms with Crippen molar-refractivity contribution in [3.05, 3.63) is 0 Å². The zero-order chi connectivity index (χ0) is 11.0. The van der Waals surface area contributed by atoms with Gasteiger partial charge in [-0.1, -0.05) is 0 Å². The van der Waals surface area contributed by atoms with Crippen molar-refractivity contribution in [3.63, 3.8) is 0 Å². The Hall–Kier alpha value is -1.30. The number of carboxylic acids is 1. The molecule has 0 aromatic carbocycles. The smallest absolute Gasteiger partial charge is 0.408 e. The summed E-state index contributed by atoms with van der Waals surface area (Å²) in [6, 6.07) is -0.953. The Morgan fingerprint density at radius 3 is 2.27 bits per heavy atom. The van der Waals surface area contributed by atoms with Crippen molar-refractivity contribution in [2.24, 2.45) is 0 Å². The summed E-state index contributed by atoms with van der Waals surface area (Å²) < 4.78 is 5.51. The van der Waals surface area contributed by atoms with Crippen LogP contribution in [0, 0.1) is 0 Å². The number of ether oxygens (including phenoxy) is 1. The maximum absolute atomic E-state index is 10.8. The van der Waals surface area contributed by atoms with Crippen molar-refractivity contribution in [1.82, 2.24) is 4.90 Å². The minimum absolute atomic E-state index is 0.169. The number of nitrogens with zero attached hydrogens (tertiary/aromatic N) is 1. The first-order chi connectivity index (χ1) is 7.08. The number of likely N-dealkylation sites (tertiary alicyclic amines) is 1. The summed E-state index contributed by atoms with van der Waals surface area (Å²) >= 11 is 0. The van der Waals surface area contributed by atoms with Gasteiger partial charge in [-0.25, -0.2) is 9.59 Å². The van der Waals surface area contributed by atoms with Gasteiger partial charge in [0, 0.05) is 6.42 Å². The molecule has 15 heavy (non-hydrogen) atoms. The zero-order valence-corrected chi connectivity index (χ0v) is 8.13. The third-order valence-corrected chi connectivity index (χ3v) is 2.70. The van der Waals surface area contributed by atoms with Crippen molar-refractivity contribution in [2.45, 2.75) is 37.5 Å². The summed E-state index contributed by atoms with van der Waals surface area (Å²) in [5, 5.41) is 17.6. The lowest BCUT2D eigenvalue weighted by molar-refractivity contribution is -0.141. The summed E-state index contributed by atoms with van der Waals surface area (Å²) in [6.07, 6.45) is 1.04. The third kappa shape index (κ3) is 2.20. The molecule has 0 unspecified atom stereocenters. The Balaban J connectivity index is 1.97. The van der Waals surface area contributed by atoms with E-state index in [2.05, 4.69) is 0 Å². The molecule has 0 aromatic heterocycles. The fraction of sp³-hybridized carbons (Fsp3) is 0.778. The van der Waals surface area contributed by atoms with Crippen LogP contribution in [0.15, 0.2) is 0 Å². The van der Waals surface area contributed by atoms with Gasteiger partial charge in [-0.3, -0.25) is 4.90 Å². The molecule has 0 radical (unpaired) electrons. The summed E-state index contributed by atoms with van der Waals surface area (Å²) in [4.78, 5) is 22.5. The van der Waals surface area contributed by atoms with Crippen LogP contribution < -0.4 is 0 Å². The summed E-state index contributed by atoms with van der Waals surface area (Å²) in [5.41, 5.74) is 0. The van der Waals surface area contributed by atoms with Gasteiger partial charge >= 0.3 is 12.1 Å². The number of hydrogen-bond acceptors (Lipinski definition) is 3. The van der Waals surface area contributed by atoms with Gasteiger partial charge in [0.05, 0.1) is 18.8 Å². The number of carbonyl (C=O) groups is 2. The fourth-order valence-electron chi connectivity index (χ4n) is 1.82. The Bertz CT molecular complexity index is 266. The van der Waals surface area contributed by atoms with Gasteiger partial charge in [-0.15, -0.1) is 0 Å². The predicted molar refractivity (Wildman–Crippen MR) is 48.7 cm³/mol. The van der Waals surface area contributed by atoms with Crippen molar-refractivity contribution in [1.29, 1.82) is 0 Å². The first kappa shape index (κ1) is 10.2. The van der Waals surface area contributed by atoms with Gasteiger partial charge in [0.15, 0.2) is 0 Å². The molecule has 1 heterocycles. The molecule has 0 spiro atoms. The maximum Gasteiger partial charge on any atom is 0.408 e. The number of amides is 1. The minimum atomic E-state index is -1.19. The molecule has 2 atom stereocenters. The predicted octanol–water partition coefficient (Wildman–Crippen LogP) is 0.371. The molecule has 2 N–H and O–H groups in total. The van der Waals surface area contributed by atoms with Gasteiger partial charge in [-0.05, 0) is 12.8 Å². The van der Waals surface area contributed by atoms with Crippen LogP contribution in [-0.4, -0.2) is 52.0 Å². The Morgan fingerprint density at radius 1 is 1.20 bits per heavy atom. The minimum Gasteiger partial charge on any atom is -0.480 e. The van der Waals surface area contributed by atoms with E-state index in [1.165, 1.54) is 0 Å². The zero-order valence-electron chi connectivity index (χ0n) is 8.13. The molecule has 1 aliphatic carbocycles. The summed E-state index contributed by atoms with van der Waals surface area (Å²) in [6.45, 7) is 0.169. The average molecular weight is 215 g/mol. The Labute approximate surface area is 86.4 Å². The molecular formula is C9H13NO5. The highest BCUT2D eigenvalue weighted by molar-refractivity contribution is 5.80. The van der Waals surface area contributed by atoms with Crippen molar-refractivity contribution in [3.8, 4) is 0 Å². The maximum atomic E-state index is 10.8. The number of carboxylic acid groups (broad SMARTS) is 2. The number of aliphatic carboxylic acids is 1. The average Bonchev–Trinajstić information content (AvgIpc) is 2.81. The largest absolute Gasteiger partial charge is 0.480 e. The molecule has 1 aliphatic heterocycles. The van der Waals surface area contributed by atoms with Crippen LogP contribution in [0.25, 0.3) is 0 Å².